The highest BCUT2D eigenvalue weighted by molar-refractivity contribution is 5.92. The van der Waals surface area contributed by atoms with Crippen molar-refractivity contribution in [1.82, 2.24) is 24.6 Å². The Morgan fingerprint density at radius 1 is 1.30 bits per heavy atom. The SMILES string of the molecule is Cn1cccc1C(=O)N1CCc2c(CN3CCCC3)n[nH]c2C1. The third kappa shape index (κ3) is 2.67. The summed E-state index contributed by atoms with van der Waals surface area (Å²) in [6.45, 7) is 4.70. The Balaban J connectivity index is 1.48. The molecule has 6 nitrogen and oxygen atoms in total. The molecule has 0 atom stereocenters. The first kappa shape index (κ1) is 14.5. The Morgan fingerprint density at radius 3 is 2.87 bits per heavy atom. The topological polar surface area (TPSA) is 57.2 Å². The Labute approximate surface area is 136 Å². The number of aryl methyl sites for hydroxylation is 1. The lowest BCUT2D eigenvalue weighted by Crippen LogP contribution is -2.37. The second-order valence-electron chi connectivity index (χ2n) is 6.59. The maximum atomic E-state index is 12.6. The van der Waals surface area contributed by atoms with Crippen molar-refractivity contribution in [3.63, 3.8) is 0 Å². The Kier molecular flexibility index (Phi) is 3.69. The normalized spacial score (nSPS) is 18.4. The van der Waals surface area contributed by atoms with Gasteiger partial charge >= 0.3 is 0 Å². The maximum Gasteiger partial charge on any atom is 0.270 e. The minimum absolute atomic E-state index is 0.0962. The quantitative estimate of drug-likeness (QED) is 0.935. The van der Waals surface area contributed by atoms with Crippen LogP contribution in [0.2, 0.25) is 0 Å². The first-order valence-corrected chi connectivity index (χ1v) is 8.40. The molecule has 2 aliphatic rings. The van der Waals surface area contributed by atoms with Crippen LogP contribution in [0, 0.1) is 0 Å². The number of fused-ring (bicyclic) bond motifs is 1. The van der Waals surface area contributed by atoms with E-state index in [-0.39, 0.29) is 5.91 Å². The third-order valence-electron chi connectivity index (χ3n) is 5.04. The molecular formula is C17H23N5O. The van der Waals surface area contributed by atoms with Crippen molar-refractivity contribution in [2.75, 3.05) is 19.6 Å². The largest absolute Gasteiger partial charge is 0.347 e. The van der Waals surface area contributed by atoms with Gasteiger partial charge in [0.1, 0.15) is 5.69 Å². The number of aromatic nitrogens is 3. The van der Waals surface area contributed by atoms with Gasteiger partial charge in [-0.3, -0.25) is 14.8 Å². The van der Waals surface area contributed by atoms with Crippen molar-refractivity contribution >= 4 is 5.91 Å². The lowest BCUT2D eigenvalue weighted by molar-refractivity contribution is 0.0722. The van der Waals surface area contributed by atoms with Crippen LogP contribution >= 0.6 is 0 Å². The smallest absolute Gasteiger partial charge is 0.270 e. The average Bonchev–Trinajstić information content (AvgIpc) is 3.29. The zero-order valence-electron chi connectivity index (χ0n) is 13.6. The molecule has 23 heavy (non-hydrogen) atoms. The second kappa shape index (κ2) is 5.85. The van der Waals surface area contributed by atoms with E-state index in [4.69, 9.17) is 0 Å². The van der Waals surface area contributed by atoms with E-state index in [1.807, 2.05) is 34.8 Å². The highest BCUT2D eigenvalue weighted by Gasteiger charge is 2.27. The molecule has 2 aromatic rings. The van der Waals surface area contributed by atoms with E-state index >= 15 is 0 Å². The standard InChI is InChI=1S/C17H23N5O/c1-20-7-4-5-16(20)17(23)22-10-6-13-14(18-19-15(13)12-22)11-21-8-2-3-9-21/h4-5,7H,2-3,6,8-12H2,1H3,(H,18,19). The number of carbonyl (C=O) groups excluding carboxylic acids is 1. The monoisotopic (exact) mass is 313 g/mol. The van der Waals surface area contributed by atoms with Gasteiger partial charge in [0, 0.05) is 31.9 Å². The van der Waals surface area contributed by atoms with Crippen molar-refractivity contribution in [1.29, 1.82) is 0 Å². The van der Waals surface area contributed by atoms with Gasteiger partial charge < -0.3 is 9.47 Å². The van der Waals surface area contributed by atoms with Crippen molar-refractivity contribution < 1.29 is 4.79 Å². The van der Waals surface area contributed by atoms with Gasteiger partial charge in [0.2, 0.25) is 0 Å². The Morgan fingerprint density at radius 2 is 2.13 bits per heavy atom. The molecule has 6 heteroatoms. The molecule has 122 valence electrons. The number of hydrogen-bond donors (Lipinski definition) is 1. The van der Waals surface area contributed by atoms with Crippen molar-refractivity contribution in [2.24, 2.45) is 7.05 Å². The zero-order chi connectivity index (χ0) is 15.8. The Hall–Kier alpha value is -2.08. The summed E-state index contributed by atoms with van der Waals surface area (Å²) in [4.78, 5) is 17.0. The van der Waals surface area contributed by atoms with Crippen LogP contribution in [-0.4, -0.2) is 50.1 Å². The summed E-state index contributed by atoms with van der Waals surface area (Å²) in [5.41, 5.74) is 4.35. The fourth-order valence-electron chi connectivity index (χ4n) is 3.69. The van der Waals surface area contributed by atoms with E-state index in [1.165, 1.54) is 37.2 Å². The zero-order valence-corrected chi connectivity index (χ0v) is 13.6. The number of aromatic amines is 1. The summed E-state index contributed by atoms with van der Waals surface area (Å²) in [7, 11) is 1.91. The number of H-pyrrole nitrogens is 1. The summed E-state index contributed by atoms with van der Waals surface area (Å²) < 4.78 is 1.88. The van der Waals surface area contributed by atoms with Gasteiger partial charge in [0.05, 0.1) is 17.9 Å². The van der Waals surface area contributed by atoms with Gasteiger partial charge in [-0.2, -0.15) is 5.10 Å². The molecule has 1 fully saturated rings. The molecule has 0 aromatic carbocycles. The highest BCUT2D eigenvalue weighted by atomic mass is 16.2. The molecule has 0 radical (unpaired) electrons. The van der Waals surface area contributed by atoms with Crippen molar-refractivity contribution in [2.45, 2.75) is 32.4 Å². The molecule has 2 aliphatic heterocycles. The second-order valence-corrected chi connectivity index (χ2v) is 6.59. The van der Waals surface area contributed by atoms with Crippen LogP contribution in [0.4, 0.5) is 0 Å². The molecule has 4 heterocycles. The van der Waals surface area contributed by atoms with Crippen LogP contribution in [0.25, 0.3) is 0 Å². The molecule has 4 rings (SSSR count). The first-order chi connectivity index (χ1) is 11.2. The van der Waals surface area contributed by atoms with E-state index in [1.54, 1.807) is 0 Å². The summed E-state index contributed by atoms with van der Waals surface area (Å²) in [5.74, 6) is 0.0962. The molecule has 0 bridgehead atoms. The predicted octanol–water partition coefficient (Wildman–Crippen LogP) is 1.54. The van der Waals surface area contributed by atoms with Crippen LogP contribution in [0.3, 0.4) is 0 Å². The summed E-state index contributed by atoms with van der Waals surface area (Å²) >= 11 is 0. The maximum absolute atomic E-state index is 12.6. The van der Waals surface area contributed by atoms with Crippen LogP contribution in [0.15, 0.2) is 18.3 Å². The molecular weight excluding hydrogens is 290 g/mol. The minimum Gasteiger partial charge on any atom is -0.347 e. The van der Waals surface area contributed by atoms with Gasteiger partial charge in [0.15, 0.2) is 0 Å². The number of hydrogen-bond acceptors (Lipinski definition) is 3. The molecule has 1 N–H and O–H groups in total. The van der Waals surface area contributed by atoms with Crippen LogP contribution < -0.4 is 0 Å². The first-order valence-electron chi connectivity index (χ1n) is 8.40. The van der Waals surface area contributed by atoms with Gasteiger partial charge in [-0.25, -0.2) is 0 Å². The van der Waals surface area contributed by atoms with E-state index in [9.17, 15) is 4.79 Å². The Bertz CT molecular complexity index is 710. The number of nitrogens with one attached hydrogen (secondary N) is 1. The van der Waals surface area contributed by atoms with E-state index < -0.39 is 0 Å². The number of carbonyl (C=O) groups is 1. The molecule has 0 saturated carbocycles. The number of rotatable bonds is 3. The number of nitrogens with zero attached hydrogens (tertiary/aromatic N) is 4. The van der Waals surface area contributed by atoms with Gasteiger partial charge in [-0.15, -0.1) is 0 Å². The number of likely N-dealkylation sites (tertiary alicyclic amines) is 1. The highest BCUT2D eigenvalue weighted by Crippen LogP contribution is 2.23. The summed E-state index contributed by atoms with van der Waals surface area (Å²) in [6, 6.07) is 3.79. The minimum atomic E-state index is 0.0962. The van der Waals surface area contributed by atoms with E-state index in [0.29, 0.717) is 6.54 Å². The molecule has 2 aromatic heterocycles. The van der Waals surface area contributed by atoms with Crippen LogP contribution in [-0.2, 0) is 26.6 Å². The number of amides is 1. The molecule has 0 spiro atoms. The van der Waals surface area contributed by atoms with Gasteiger partial charge in [0.25, 0.3) is 5.91 Å². The van der Waals surface area contributed by atoms with Gasteiger partial charge in [-0.05, 0) is 44.5 Å². The predicted molar refractivity (Wildman–Crippen MR) is 87.0 cm³/mol. The van der Waals surface area contributed by atoms with E-state index in [0.717, 1.165) is 30.9 Å². The fourth-order valence-corrected chi connectivity index (χ4v) is 3.69. The molecule has 1 amide bonds. The van der Waals surface area contributed by atoms with Crippen molar-refractivity contribution in [3.05, 3.63) is 41.0 Å². The molecule has 0 aliphatic carbocycles. The van der Waals surface area contributed by atoms with E-state index in [2.05, 4.69) is 15.1 Å². The summed E-state index contributed by atoms with van der Waals surface area (Å²) in [5, 5.41) is 7.69. The van der Waals surface area contributed by atoms with Crippen LogP contribution in [0.5, 0.6) is 0 Å². The van der Waals surface area contributed by atoms with Crippen molar-refractivity contribution in [3.8, 4) is 0 Å². The fraction of sp³-hybridized carbons (Fsp3) is 0.529. The lowest BCUT2D eigenvalue weighted by Gasteiger charge is -2.27. The lowest BCUT2D eigenvalue weighted by atomic mass is 10.0. The molecule has 1 saturated heterocycles. The van der Waals surface area contributed by atoms with Gasteiger partial charge in [-0.1, -0.05) is 0 Å². The third-order valence-corrected chi connectivity index (χ3v) is 5.04. The summed E-state index contributed by atoms with van der Waals surface area (Å²) in [6.07, 6.45) is 5.40. The average molecular weight is 313 g/mol. The van der Waals surface area contributed by atoms with Crippen LogP contribution in [0.1, 0.15) is 40.3 Å². The molecule has 0 unspecified atom stereocenters.